The molecule has 3 rings (SSSR count). The molecule has 0 spiro atoms. The first-order valence-corrected chi connectivity index (χ1v) is 7.26. The van der Waals surface area contributed by atoms with Crippen molar-refractivity contribution in [2.45, 2.75) is 25.7 Å². The first-order chi connectivity index (χ1) is 9.54. The second kappa shape index (κ2) is 5.09. The van der Waals surface area contributed by atoms with Crippen LogP contribution in [0.3, 0.4) is 0 Å². The van der Waals surface area contributed by atoms with Gasteiger partial charge in [0, 0.05) is 10.9 Å². The molecule has 3 unspecified atom stereocenters. The van der Waals surface area contributed by atoms with Gasteiger partial charge in [0.2, 0.25) is 5.91 Å². The van der Waals surface area contributed by atoms with E-state index in [-0.39, 0.29) is 23.1 Å². The molecular formula is C15H16ClNO3. The highest BCUT2D eigenvalue weighted by molar-refractivity contribution is 6.31. The first-order valence-electron chi connectivity index (χ1n) is 6.88. The zero-order valence-corrected chi connectivity index (χ0v) is 11.7. The van der Waals surface area contributed by atoms with Crippen LogP contribution in [0.1, 0.15) is 36.0 Å². The predicted molar refractivity (Wildman–Crippen MR) is 76.0 cm³/mol. The minimum Gasteiger partial charge on any atom is -0.478 e. The quantitative estimate of drug-likeness (QED) is 0.897. The summed E-state index contributed by atoms with van der Waals surface area (Å²) in [5, 5.41) is 12.3. The number of carboxylic acids is 1. The highest BCUT2D eigenvalue weighted by atomic mass is 35.5. The Balaban J connectivity index is 1.79. The van der Waals surface area contributed by atoms with Gasteiger partial charge < -0.3 is 10.4 Å². The van der Waals surface area contributed by atoms with Crippen molar-refractivity contribution in [1.29, 1.82) is 0 Å². The number of aromatic carboxylic acids is 1. The molecule has 1 aromatic carbocycles. The summed E-state index contributed by atoms with van der Waals surface area (Å²) in [7, 11) is 0. The molecule has 2 saturated carbocycles. The standard InChI is InChI=1S/C15H16ClNO3/c16-10-3-4-11(15(19)20)13(7-10)17-14(18)12-6-8-1-2-9(12)5-8/h3-4,7-9,12H,1-2,5-6H2,(H,17,18)(H,19,20). The molecule has 1 aromatic rings. The van der Waals surface area contributed by atoms with Crippen molar-refractivity contribution in [2.24, 2.45) is 17.8 Å². The number of rotatable bonds is 3. The van der Waals surface area contributed by atoms with Crippen molar-refractivity contribution >= 4 is 29.2 Å². The third-order valence-electron chi connectivity index (χ3n) is 4.54. The fraction of sp³-hybridized carbons (Fsp3) is 0.467. The Kier molecular flexibility index (Phi) is 3.42. The molecular weight excluding hydrogens is 278 g/mol. The lowest BCUT2D eigenvalue weighted by molar-refractivity contribution is -0.121. The second-order valence-electron chi connectivity index (χ2n) is 5.77. The Bertz CT molecular complexity index is 572. The van der Waals surface area contributed by atoms with Crippen LogP contribution in [0.15, 0.2) is 18.2 Å². The Morgan fingerprint density at radius 1 is 1.25 bits per heavy atom. The van der Waals surface area contributed by atoms with Gasteiger partial charge >= 0.3 is 5.97 Å². The topological polar surface area (TPSA) is 66.4 Å². The molecule has 2 N–H and O–H groups in total. The van der Waals surface area contributed by atoms with Crippen LogP contribution in [0.4, 0.5) is 5.69 Å². The highest BCUT2D eigenvalue weighted by Gasteiger charge is 2.43. The van der Waals surface area contributed by atoms with Crippen LogP contribution in [-0.2, 0) is 4.79 Å². The van der Waals surface area contributed by atoms with E-state index in [0.29, 0.717) is 16.9 Å². The Morgan fingerprint density at radius 3 is 2.65 bits per heavy atom. The number of anilines is 1. The van der Waals surface area contributed by atoms with E-state index in [9.17, 15) is 9.59 Å². The maximum absolute atomic E-state index is 12.3. The summed E-state index contributed by atoms with van der Waals surface area (Å²) in [4.78, 5) is 23.5. The lowest BCUT2D eigenvalue weighted by Crippen LogP contribution is -2.27. The first kappa shape index (κ1) is 13.4. The lowest BCUT2D eigenvalue weighted by atomic mass is 9.88. The summed E-state index contributed by atoms with van der Waals surface area (Å²) >= 11 is 5.88. The van der Waals surface area contributed by atoms with E-state index in [2.05, 4.69) is 5.32 Å². The molecule has 2 aliphatic rings. The molecule has 106 valence electrons. The summed E-state index contributed by atoms with van der Waals surface area (Å²) in [5.41, 5.74) is 0.365. The predicted octanol–water partition coefficient (Wildman–Crippen LogP) is 3.41. The van der Waals surface area contributed by atoms with Gasteiger partial charge in [-0.3, -0.25) is 4.79 Å². The molecule has 2 aliphatic carbocycles. The number of carbonyl (C=O) groups excluding carboxylic acids is 1. The molecule has 4 nitrogen and oxygen atoms in total. The fourth-order valence-corrected chi connectivity index (χ4v) is 3.77. The van der Waals surface area contributed by atoms with Gasteiger partial charge in [0.05, 0.1) is 11.3 Å². The number of carboxylic acid groups (broad SMARTS) is 1. The van der Waals surface area contributed by atoms with Gasteiger partial charge in [-0.2, -0.15) is 0 Å². The normalized spacial score (nSPS) is 27.6. The van der Waals surface area contributed by atoms with Gasteiger partial charge in [-0.25, -0.2) is 4.79 Å². The van der Waals surface area contributed by atoms with Crippen molar-refractivity contribution in [1.82, 2.24) is 0 Å². The zero-order valence-electron chi connectivity index (χ0n) is 10.9. The Labute approximate surface area is 122 Å². The third kappa shape index (κ3) is 2.40. The maximum atomic E-state index is 12.3. The molecule has 0 heterocycles. The SMILES string of the molecule is O=C(O)c1ccc(Cl)cc1NC(=O)C1CC2CCC1C2. The van der Waals surface area contributed by atoms with Crippen molar-refractivity contribution in [3.05, 3.63) is 28.8 Å². The van der Waals surface area contributed by atoms with Gasteiger partial charge in [0.25, 0.3) is 0 Å². The Morgan fingerprint density at radius 2 is 2.05 bits per heavy atom. The average Bonchev–Trinajstić information content (AvgIpc) is 3.00. The van der Waals surface area contributed by atoms with Crippen LogP contribution >= 0.6 is 11.6 Å². The summed E-state index contributed by atoms with van der Waals surface area (Å²) in [5.74, 6) is 0.0303. The number of benzene rings is 1. The van der Waals surface area contributed by atoms with Crippen LogP contribution in [-0.4, -0.2) is 17.0 Å². The largest absolute Gasteiger partial charge is 0.478 e. The number of hydrogen-bond acceptors (Lipinski definition) is 2. The van der Waals surface area contributed by atoms with E-state index >= 15 is 0 Å². The lowest BCUT2D eigenvalue weighted by Gasteiger charge is -2.21. The van der Waals surface area contributed by atoms with Crippen LogP contribution in [0.2, 0.25) is 5.02 Å². The van der Waals surface area contributed by atoms with E-state index < -0.39 is 5.97 Å². The minimum absolute atomic E-state index is 0.0226. The van der Waals surface area contributed by atoms with E-state index in [0.717, 1.165) is 19.3 Å². The molecule has 1 amide bonds. The van der Waals surface area contributed by atoms with E-state index in [1.54, 1.807) is 0 Å². The van der Waals surface area contributed by atoms with Crippen molar-refractivity contribution in [3.63, 3.8) is 0 Å². The zero-order chi connectivity index (χ0) is 14.3. The number of fused-ring (bicyclic) bond motifs is 2. The van der Waals surface area contributed by atoms with Crippen LogP contribution < -0.4 is 5.32 Å². The molecule has 20 heavy (non-hydrogen) atoms. The van der Waals surface area contributed by atoms with Crippen LogP contribution in [0.5, 0.6) is 0 Å². The molecule has 0 aliphatic heterocycles. The van der Waals surface area contributed by atoms with Gasteiger partial charge in [0.1, 0.15) is 0 Å². The third-order valence-corrected chi connectivity index (χ3v) is 4.78. The number of nitrogens with one attached hydrogen (secondary N) is 1. The van der Waals surface area contributed by atoms with Gasteiger partial charge in [-0.1, -0.05) is 18.0 Å². The summed E-state index contributed by atoms with van der Waals surface area (Å²) in [6.07, 6.45) is 4.41. The van der Waals surface area contributed by atoms with E-state index in [4.69, 9.17) is 16.7 Å². The number of carbonyl (C=O) groups is 2. The van der Waals surface area contributed by atoms with Crippen molar-refractivity contribution in [3.8, 4) is 0 Å². The van der Waals surface area contributed by atoms with Crippen molar-refractivity contribution in [2.75, 3.05) is 5.32 Å². The van der Waals surface area contributed by atoms with E-state index in [1.165, 1.54) is 24.6 Å². The van der Waals surface area contributed by atoms with Crippen LogP contribution in [0.25, 0.3) is 0 Å². The maximum Gasteiger partial charge on any atom is 0.337 e. The molecule has 2 bridgehead atoms. The average molecular weight is 294 g/mol. The molecule has 0 aromatic heterocycles. The summed E-state index contributed by atoms with van der Waals surface area (Å²) in [6.45, 7) is 0. The second-order valence-corrected chi connectivity index (χ2v) is 6.20. The fourth-order valence-electron chi connectivity index (χ4n) is 3.60. The van der Waals surface area contributed by atoms with Crippen molar-refractivity contribution < 1.29 is 14.7 Å². The van der Waals surface area contributed by atoms with Crippen LogP contribution in [0, 0.1) is 17.8 Å². The van der Waals surface area contributed by atoms with Gasteiger partial charge in [-0.15, -0.1) is 0 Å². The molecule has 0 radical (unpaired) electrons. The Hall–Kier alpha value is -1.55. The summed E-state index contributed by atoms with van der Waals surface area (Å²) in [6, 6.07) is 4.43. The molecule has 5 heteroatoms. The molecule has 2 fully saturated rings. The number of amides is 1. The smallest absolute Gasteiger partial charge is 0.337 e. The van der Waals surface area contributed by atoms with Gasteiger partial charge in [-0.05, 0) is 49.3 Å². The van der Waals surface area contributed by atoms with E-state index in [1.807, 2.05) is 0 Å². The number of hydrogen-bond donors (Lipinski definition) is 2. The van der Waals surface area contributed by atoms with Gasteiger partial charge in [0.15, 0.2) is 0 Å². The monoisotopic (exact) mass is 293 g/mol. The molecule has 3 atom stereocenters. The minimum atomic E-state index is -1.06. The highest BCUT2D eigenvalue weighted by Crippen LogP contribution is 2.48. The molecule has 0 saturated heterocycles. The number of halogens is 1. The summed E-state index contributed by atoms with van der Waals surface area (Å²) < 4.78 is 0.